The molecule has 1 N–H and O–H groups in total. The van der Waals surface area contributed by atoms with E-state index < -0.39 is 22.7 Å². The largest absolute Gasteiger partial charge is 0.481 e. The second-order valence-corrected chi connectivity index (χ2v) is 5.63. The van der Waals surface area contributed by atoms with Crippen molar-refractivity contribution < 1.29 is 14.1 Å². The van der Waals surface area contributed by atoms with E-state index in [1.807, 2.05) is 18.2 Å². The van der Waals surface area contributed by atoms with Gasteiger partial charge in [-0.3, -0.25) is 4.79 Å². The molecular weight excluding hydrogens is 260 g/mol. The Morgan fingerprint density at radius 3 is 2.26 bits per heavy atom. The number of carbonyl (C=O) groups is 1. The second-order valence-electron chi connectivity index (χ2n) is 4.18. The van der Waals surface area contributed by atoms with Crippen molar-refractivity contribution in [3.05, 3.63) is 60.2 Å². The summed E-state index contributed by atoms with van der Waals surface area (Å²) in [7, 11) is -1.36. The van der Waals surface area contributed by atoms with E-state index >= 15 is 0 Å². The fourth-order valence-corrected chi connectivity index (χ4v) is 3.13. The first-order valence-corrected chi connectivity index (χ1v) is 7.05. The van der Waals surface area contributed by atoms with Crippen LogP contribution < -0.4 is 0 Å². The molecule has 3 nitrogen and oxygen atoms in total. The maximum Gasteiger partial charge on any atom is 0.310 e. The molecule has 0 saturated heterocycles. The minimum atomic E-state index is -1.36. The van der Waals surface area contributed by atoms with Crippen molar-refractivity contribution >= 4 is 16.8 Å². The molecule has 2 rings (SSSR count). The van der Waals surface area contributed by atoms with Crippen molar-refractivity contribution in [2.24, 2.45) is 0 Å². The summed E-state index contributed by atoms with van der Waals surface area (Å²) in [6, 6.07) is 16.0. The van der Waals surface area contributed by atoms with Gasteiger partial charge in [0.05, 0.1) is 16.7 Å². The van der Waals surface area contributed by atoms with Gasteiger partial charge in [-0.25, -0.2) is 4.21 Å². The smallest absolute Gasteiger partial charge is 0.310 e. The average molecular weight is 274 g/mol. The third kappa shape index (κ3) is 2.90. The first kappa shape index (κ1) is 13.5. The number of hydrogen-bond donors (Lipinski definition) is 1. The van der Waals surface area contributed by atoms with Gasteiger partial charge < -0.3 is 5.11 Å². The van der Waals surface area contributed by atoms with Crippen LogP contribution in [0, 0.1) is 0 Å². The lowest BCUT2D eigenvalue weighted by atomic mass is 10.0. The van der Waals surface area contributed by atoms with Crippen molar-refractivity contribution in [3.8, 4) is 0 Å². The van der Waals surface area contributed by atoms with Gasteiger partial charge in [0, 0.05) is 9.79 Å². The molecule has 0 fully saturated rings. The molecule has 0 amide bonds. The lowest BCUT2D eigenvalue weighted by Crippen LogP contribution is -2.10. The predicted octanol–water partition coefficient (Wildman–Crippen LogP) is 3.04. The summed E-state index contributed by atoms with van der Waals surface area (Å²) in [5.41, 5.74) is 0.595. The van der Waals surface area contributed by atoms with Crippen LogP contribution in [0.15, 0.2) is 64.4 Å². The molecule has 0 aliphatic heterocycles. The Morgan fingerprint density at radius 1 is 1.05 bits per heavy atom. The van der Waals surface area contributed by atoms with E-state index in [0.717, 1.165) is 0 Å². The van der Waals surface area contributed by atoms with Crippen LogP contribution >= 0.6 is 0 Å². The van der Waals surface area contributed by atoms with E-state index in [2.05, 4.69) is 0 Å². The molecule has 0 radical (unpaired) electrons. The van der Waals surface area contributed by atoms with E-state index in [1.165, 1.54) is 0 Å². The highest BCUT2D eigenvalue weighted by Gasteiger charge is 2.20. The monoisotopic (exact) mass is 274 g/mol. The van der Waals surface area contributed by atoms with Crippen molar-refractivity contribution in [2.45, 2.75) is 22.6 Å². The minimum Gasteiger partial charge on any atom is -0.481 e. The van der Waals surface area contributed by atoms with Crippen LogP contribution in [0.25, 0.3) is 0 Å². The van der Waals surface area contributed by atoms with Gasteiger partial charge in [0.1, 0.15) is 0 Å². The molecule has 0 aliphatic carbocycles. The van der Waals surface area contributed by atoms with Crippen molar-refractivity contribution in [1.82, 2.24) is 0 Å². The molecular formula is C15H14O3S. The summed E-state index contributed by atoms with van der Waals surface area (Å²) >= 11 is 0. The van der Waals surface area contributed by atoms with Gasteiger partial charge in [-0.2, -0.15) is 0 Å². The van der Waals surface area contributed by atoms with Gasteiger partial charge >= 0.3 is 5.97 Å². The molecule has 19 heavy (non-hydrogen) atoms. The summed E-state index contributed by atoms with van der Waals surface area (Å²) in [6.07, 6.45) is 0. The van der Waals surface area contributed by atoms with Crippen molar-refractivity contribution in [2.75, 3.05) is 0 Å². The molecule has 4 heteroatoms. The zero-order valence-corrected chi connectivity index (χ0v) is 11.3. The Hall–Kier alpha value is -1.94. The fourth-order valence-electron chi connectivity index (χ4n) is 1.81. The normalized spacial score (nSPS) is 13.7. The molecule has 2 atom stereocenters. The molecule has 2 aromatic rings. The zero-order chi connectivity index (χ0) is 13.8. The van der Waals surface area contributed by atoms with Crippen LogP contribution in [-0.4, -0.2) is 15.3 Å². The van der Waals surface area contributed by atoms with Gasteiger partial charge in [0.2, 0.25) is 0 Å². The molecule has 98 valence electrons. The Bertz CT molecular complexity index is 608. The summed E-state index contributed by atoms with van der Waals surface area (Å²) in [6.45, 7) is 1.60. The van der Waals surface area contributed by atoms with E-state index in [1.54, 1.807) is 43.3 Å². The minimum absolute atomic E-state index is 0.559. The third-order valence-corrected chi connectivity index (χ3v) is 4.38. The summed E-state index contributed by atoms with van der Waals surface area (Å²) < 4.78 is 12.5. The third-order valence-electron chi connectivity index (χ3n) is 2.91. The summed E-state index contributed by atoms with van der Waals surface area (Å²) in [5.74, 6) is -1.60. The van der Waals surface area contributed by atoms with E-state index in [9.17, 15) is 9.00 Å². The fraction of sp³-hybridized carbons (Fsp3) is 0.133. The van der Waals surface area contributed by atoms with Crippen LogP contribution in [0.4, 0.5) is 0 Å². The van der Waals surface area contributed by atoms with E-state index in [4.69, 9.17) is 5.11 Å². The van der Waals surface area contributed by atoms with Crippen LogP contribution in [0.5, 0.6) is 0 Å². The SMILES string of the molecule is C[C@@H](C(=O)O)c1ccccc1[S@](=O)c1ccccc1. The van der Waals surface area contributed by atoms with E-state index in [0.29, 0.717) is 15.4 Å². The molecule has 0 aromatic heterocycles. The molecule has 0 heterocycles. The first-order valence-electron chi connectivity index (χ1n) is 5.90. The maximum absolute atomic E-state index is 12.5. The Labute approximate surface area is 114 Å². The zero-order valence-electron chi connectivity index (χ0n) is 10.4. The number of aliphatic carboxylic acids is 1. The number of carboxylic acids is 1. The number of rotatable bonds is 4. The Balaban J connectivity index is 2.46. The van der Waals surface area contributed by atoms with Gasteiger partial charge in [0.25, 0.3) is 0 Å². The molecule has 2 aromatic carbocycles. The van der Waals surface area contributed by atoms with E-state index in [-0.39, 0.29) is 0 Å². The Kier molecular flexibility index (Phi) is 4.12. The van der Waals surface area contributed by atoms with Crippen LogP contribution in [-0.2, 0) is 15.6 Å². The summed E-state index contributed by atoms with van der Waals surface area (Å²) in [5, 5.41) is 9.11. The van der Waals surface area contributed by atoms with Gasteiger partial charge in [-0.1, -0.05) is 36.4 Å². The molecule has 0 bridgehead atoms. The highest BCUT2D eigenvalue weighted by Crippen LogP contribution is 2.26. The lowest BCUT2D eigenvalue weighted by Gasteiger charge is -2.12. The van der Waals surface area contributed by atoms with Crippen LogP contribution in [0.3, 0.4) is 0 Å². The van der Waals surface area contributed by atoms with Gasteiger partial charge in [0.15, 0.2) is 0 Å². The predicted molar refractivity (Wildman–Crippen MR) is 73.6 cm³/mol. The molecule has 0 unspecified atom stereocenters. The first-order chi connectivity index (χ1) is 9.11. The number of benzene rings is 2. The maximum atomic E-state index is 12.5. The van der Waals surface area contributed by atoms with Gasteiger partial charge in [-0.05, 0) is 30.7 Å². The standard InChI is InChI=1S/C15H14O3S/c1-11(15(16)17)13-9-5-6-10-14(13)19(18)12-7-3-2-4-8-12/h2-11H,1H3,(H,16,17)/t11-,19-/m1/s1. The average Bonchev–Trinajstić information content (AvgIpc) is 2.46. The molecule has 0 saturated carbocycles. The number of carboxylic acid groups (broad SMARTS) is 1. The number of hydrogen-bond acceptors (Lipinski definition) is 2. The highest BCUT2D eigenvalue weighted by molar-refractivity contribution is 7.85. The van der Waals surface area contributed by atoms with Gasteiger partial charge in [-0.15, -0.1) is 0 Å². The lowest BCUT2D eigenvalue weighted by molar-refractivity contribution is -0.138. The van der Waals surface area contributed by atoms with Crippen LogP contribution in [0.1, 0.15) is 18.4 Å². The molecule has 0 spiro atoms. The van der Waals surface area contributed by atoms with Crippen LogP contribution in [0.2, 0.25) is 0 Å². The highest BCUT2D eigenvalue weighted by atomic mass is 32.2. The van der Waals surface area contributed by atoms with Crippen molar-refractivity contribution in [1.29, 1.82) is 0 Å². The summed E-state index contributed by atoms with van der Waals surface area (Å²) in [4.78, 5) is 12.3. The second kappa shape index (κ2) is 5.80. The molecule has 0 aliphatic rings. The quantitative estimate of drug-likeness (QED) is 0.932. The van der Waals surface area contributed by atoms with Crippen molar-refractivity contribution in [3.63, 3.8) is 0 Å². The topological polar surface area (TPSA) is 54.4 Å². The Morgan fingerprint density at radius 2 is 1.63 bits per heavy atom.